The van der Waals surface area contributed by atoms with Crippen LogP contribution in [0.25, 0.3) is 0 Å². The van der Waals surface area contributed by atoms with Crippen molar-refractivity contribution >= 4 is 11.7 Å². The minimum absolute atomic E-state index is 0.0487. The van der Waals surface area contributed by atoms with Crippen molar-refractivity contribution in [1.82, 2.24) is 10.3 Å². The van der Waals surface area contributed by atoms with Gasteiger partial charge >= 0.3 is 0 Å². The second-order valence-corrected chi connectivity index (χ2v) is 3.20. The minimum Gasteiger partial charge on any atom is -0.359 e. The maximum atomic E-state index is 11.2. The zero-order chi connectivity index (χ0) is 10.6. The van der Waals surface area contributed by atoms with Crippen LogP contribution in [0.1, 0.15) is 12.5 Å². The number of hydrogen-bond donors (Lipinski definition) is 2. The molecule has 0 fully saturated rings. The van der Waals surface area contributed by atoms with Gasteiger partial charge in [0.15, 0.2) is 0 Å². The molecule has 2 N–H and O–H groups in total. The molecule has 0 saturated carbocycles. The molecule has 1 amide bonds. The molecule has 1 unspecified atom stereocenters. The fourth-order valence-corrected chi connectivity index (χ4v) is 1.06. The van der Waals surface area contributed by atoms with Crippen molar-refractivity contribution in [2.75, 3.05) is 12.4 Å². The van der Waals surface area contributed by atoms with Gasteiger partial charge < -0.3 is 10.6 Å². The summed E-state index contributed by atoms with van der Waals surface area (Å²) in [6, 6.07) is 3.54. The molecule has 0 aliphatic rings. The lowest BCUT2D eigenvalue weighted by Crippen LogP contribution is -2.35. The van der Waals surface area contributed by atoms with Crippen LogP contribution < -0.4 is 10.6 Å². The Morgan fingerprint density at radius 2 is 2.21 bits per heavy atom. The van der Waals surface area contributed by atoms with Crippen LogP contribution in [0.2, 0.25) is 0 Å². The van der Waals surface area contributed by atoms with Crippen molar-refractivity contribution in [3.63, 3.8) is 0 Å². The van der Waals surface area contributed by atoms with Crippen LogP contribution in [0.5, 0.6) is 0 Å². The molecule has 4 nitrogen and oxygen atoms in total. The van der Waals surface area contributed by atoms with E-state index < -0.39 is 0 Å². The average Bonchev–Trinajstić information content (AvgIpc) is 2.20. The summed E-state index contributed by atoms with van der Waals surface area (Å²) in [4.78, 5) is 15.3. The predicted molar refractivity (Wildman–Crippen MR) is 56.1 cm³/mol. The molecule has 0 saturated heterocycles. The zero-order valence-electron chi connectivity index (χ0n) is 8.66. The molecule has 76 valence electrons. The first-order chi connectivity index (χ1) is 6.63. The third-order valence-electron chi connectivity index (χ3n) is 1.92. The number of carbonyl (C=O) groups is 1. The van der Waals surface area contributed by atoms with E-state index in [2.05, 4.69) is 15.6 Å². The van der Waals surface area contributed by atoms with Gasteiger partial charge in [-0.1, -0.05) is 6.07 Å². The molecule has 1 aromatic rings. The Hall–Kier alpha value is -1.58. The molecule has 1 atom stereocenters. The summed E-state index contributed by atoms with van der Waals surface area (Å²) < 4.78 is 0. The van der Waals surface area contributed by atoms with Crippen molar-refractivity contribution in [3.8, 4) is 0 Å². The van der Waals surface area contributed by atoms with Gasteiger partial charge in [-0.05, 0) is 25.5 Å². The molecular weight excluding hydrogens is 178 g/mol. The molecule has 1 heterocycles. The van der Waals surface area contributed by atoms with Gasteiger partial charge in [-0.25, -0.2) is 4.98 Å². The number of rotatable bonds is 3. The number of anilines is 1. The highest BCUT2D eigenvalue weighted by molar-refractivity contribution is 5.83. The van der Waals surface area contributed by atoms with Crippen LogP contribution >= 0.6 is 0 Å². The fraction of sp³-hybridized carbons (Fsp3) is 0.400. The van der Waals surface area contributed by atoms with Gasteiger partial charge in [0.1, 0.15) is 11.9 Å². The van der Waals surface area contributed by atoms with E-state index in [0.717, 1.165) is 5.56 Å². The number of amides is 1. The van der Waals surface area contributed by atoms with E-state index in [1.807, 2.05) is 19.1 Å². The van der Waals surface area contributed by atoms with E-state index in [1.54, 1.807) is 20.2 Å². The molecule has 0 aromatic carbocycles. The second-order valence-electron chi connectivity index (χ2n) is 3.20. The average molecular weight is 193 g/mol. The van der Waals surface area contributed by atoms with Gasteiger partial charge in [0.25, 0.3) is 0 Å². The van der Waals surface area contributed by atoms with Gasteiger partial charge in [0.05, 0.1) is 0 Å². The normalized spacial score (nSPS) is 11.9. The van der Waals surface area contributed by atoms with Crippen LogP contribution in [0.15, 0.2) is 18.3 Å². The Kier molecular flexibility index (Phi) is 3.45. The first-order valence-corrected chi connectivity index (χ1v) is 4.54. The molecule has 0 bridgehead atoms. The lowest BCUT2D eigenvalue weighted by atomic mass is 10.3. The largest absolute Gasteiger partial charge is 0.359 e. The van der Waals surface area contributed by atoms with Crippen molar-refractivity contribution in [3.05, 3.63) is 23.9 Å². The lowest BCUT2D eigenvalue weighted by Gasteiger charge is -2.12. The van der Waals surface area contributed by atoms with E-state index in [1.165, 1.54) is 0 Å². The Bertz CT molecular complexity index is 308. The maximum Gasteiger partial charge on any atom is 0.241 e. The third-order valence-corrected chi connectivity index (χ3v) is 1.92. The Balaban J connectivity index is 2.60. The number of hydrogen-bond acceptors (Lipinski definition) is 3. The van der Waals surface area contributed by atoms with E-state index in [4.69, 9.17) is 0 Å². The summed E-state index contributed by atoms with van der Waals surface area (Å²) in [6.45, 7) is 3.76. The summed E-state index contributed by atoms with van der Waals surface area (Å²) in [5, 5.41) is 5.56. The molecule has 4 heteroatoms. The van der Waals surface area contributed by atoms with Gasteiger partial charge in [0, 0.05) is 13.2 Å². The number of aryl methyl sites for hydroxylation is 1. The third kappa shape index (κ3) is 2.73. The van der Waals surface area contributed by atoms with Crippen molar-refractivity contribution < 1.29 is 4.79 Å². The van der Waals surface area contributed by atoms with Gasteiger partial charge in [-0.3, -0.25) is 4.79 Å². The lowest BCUT2D eigenvalue weighted by molar-refractivity contribution is -0.121. The predicted octanol–water partition coefficient (Wildman–Crippen LogP) is 0.936. The smallest absolute Gasteiger partial charge is 0.241 e. The number of nitrogens with one attached hydrogen (secondary N) is 2. The molecule has 0 aliphatic heterocycles. The standard InChI is InChI=1S/C10H15N3O/c1-7-4-5-9(12-6-7)13-8(2)10(14)11-3/h4-6,8H,1-3H3,(H,11,14)(H,12,13). The van der Waals surface area contributed by atoms with E-state index in [0.29, 0.717) is 5.82 Å². The monoisotopic (exact) mass is 193 g/mol. The molecule has 14 heavy (non-hydrogen) atoms. The fourth-order valence-electron chi connectivity index (χ4n) is 1.06. The highest BCUT2D eigenvalue weighted by atomic mass is 16.2. The summed E-state index contributed by atoms with van der Waals surface area (Å²) >= 11 is 0. The topological polar surface area (TPSA) is 54.0 Å². The first kappa shape index (κ1) is 10.5. The minimum atomic E-state index is -0.268. The SMILES string of the molecule is CNC(=O)C(C)Nc1ccc(C)cn1. The number of nitrogens with zero attached hydrogens (tertiary/aromatic N) is 1. The molecule has 1 aromatic heterocycles. The van der Waals surface area contributed by atoms with E-state index in [9.17, 15) is 4.79 Å². The van der Waals surface area contributed by atoms with Crippen LogP contribution in [-0.4, -0.2) is 24.0 Å². The van der Waals surface area contributed by atoms with Crippen LogP contribution in [-0.2, 0) is 4.79 Å². The van der Waals surface area contributed by atoms with E-state index in [-0.39, 0.29) is 11.9 Å². The molecular formula is C10H15N3O. The van der Waals surface area contributed by atoms with Crippen LogP contribution in [0.4, 0.5) is 5.82 Å². The summed E-state index contributed by atoms with van der Waals surface area (Å²) in [6.07, 6.45) is 1.76. The molecule has 0 spiro atoms. The molecule has 0 aliphatic carbocycles. The number of pyridine rings is 1. The van der Waals surface area contributed by atoms with Gasteiger partial charge in [-0.2, -0.15) is 0 Å². The number of aromatic nitrogens is 1. The first-order valence-electron chi connectivity index (χ1n) is 4.54. The van der Waals surface area contributed by atoms with Crippen LogP contribution in [0.3, 0.4) is 0 Å². The second kappa shape index (κ2) is 4.60. The Morgan fingerprint density at radius 1 is 1.50 bits per heavy atom. The van der Waals surface area contributed by atoms with Gasteiger partial charge in [-0.15, -0.1) is 0 Å². The van der Waals surface area contributed by atoms with Crippen LogP contribution in [0, 0.1) is 6.92 Å². The summed E-state index contributed by atoms with van der Waals surface area (Å²) in [5.74, 6) is 0.666. The number of likely N-dealkylation sites (N-methyl/N-ethyl adjacent to an activating group) is 1. The Labute approximate surface area is 83.7 Å². The number of carbonyl (C=O) groups excluding carboxylic acids is 1. The van der Waals surface area contributed by atoms with Crippen molar-refractivity contribution in [1.29, 1.82) is 0 Å². The summed E-state index contributed by atoms with van der Waals surface area (Å²) in [5.41, 5.74) is 1.10. The zero-order valence-corrected chi connectivity index (χ0v) is 8.66. The Morgan fingerprint density at radius 3 is 2.71 bits per heavy atom. The highest BCUT2D eigenvalue weighted by Crippen LogP contribution is 2.05. The van der Waals surface area contributed by atoms with Crippen molar-refractivity contribution in [2.45, 2.75) is 19.9 Å². The highest BCUT2D eigenvalue weighted by Gasteiger charge is 2.09. The molecule has 0 radical (unpaired) electrons. The van der Waals surface area contributed by atoms with Crippen molar-refractivity contribution in [2.24, 2.45) is 0 Å². The molecule has 1 rings (SSSR count). The maximum absolute atomic E-state index is 11.2. The van der Waals surface area contributed by atoms with Gasteiger partial charge in [0.2, 0.25) is 5.91 Å². The quantitative estimate of drug-likeness (QED) is 0.751. The summed E-state index contributed by atoms with van der Waals surface area (Å²) in [7, 11) is 1.61. The van der Waals surface area contributed by atoms with E-state index >= 15 is 0 Å².